The van der Waals surface area contributed by atoms with Crippen LogP contribution >= 0.6 is 0 Å². The zero-order valence-corrected chi connectivity index (χ0v) is 13.7. The molecule has 1 aliphatic rings. The summed E-state index contributed by atoms with van der Waals surface area (Å²) in [5.74, 6) is 0.570. The number of pyridine rings is 1. The molecule has 1 aromatic rings. The highest BCUT2D eigenvalue weighted by atomic mass is 32.2. The molecule has 2 heterocycles. The van der Waals surface area contributed by atoms with Crippen LogP contribution in [0.5, 0.6) is 0 Å². The van der Waals surface area contributed by atoms with Crippen molar-refractivity contribution in [2.24, 2.45) is 0 Å². The Morgan fingerprint density at radius 1 is 1.33 bits per heavy atom. The molecule has 0 saturated carbocycles. The van der Waals surface area contributed by atoms with Gasteiger partial charge < -0.3 is 5.32 Å². The molecule has 0 radical (unpaired) electrons. The van der Waals surface area contributed by atoms with E-state index in [9.17, 15) is 8.42 Å². The molecule has 6 nitrogen and oxygen atoms in total. The Hall–Kier alpha value is -1.18. The van der Waals surface area contributed by atoms with Gasteiger partial charge >= 0.3 is 0 Å². The molecule has 118 valence electrons. The van der Waals surface area contributed by atoms with Crippen molar-refractivity contribution in [1.82, 2.24) is 14.8 Å². The summed E-state index contributed by atoms with van der Waals surface area (Å²) in [4.78, 5) is 7.07. The predicted molar refractivity (Wildman–Crippen MR) is 83.3 cm³/mol. The maximum absolute atomic E-state index is 12.5. The van der Waals surface area contributed by atoms with Crippen LogP contribution in [0.15, 0.2) is 23.2 Å². The fourth-order valence-electron chi connectivity index (χ4n) is 2.65. The predicted octanol–water partition coefficient (Wildman–Crippen LogP) is 1.97. The van der Waals surface area contributed by atoms with E-state index < -0.39 is 10.0 Å². The third kappa shape index (κ3) is 3.93. The largest absolute Gasteiger partial charge is 0.370 e. The van der Waals surface area contributed by atoms with Crippen LogP contribution in [0.1, 0.15) is 40.0 Å². The first-order valence-corrected chi connectivity index (χ1v) is 8.93. The second kappa shape index (κ2) is 6.72. The van der Waals surface area contributed by atoms with Gasteiger partial charge in [-0.3, -0.25) is 0 Å². The number of anilines is 1. The van der Waals surface area contributed by atoms with Gasteiger partial charge in [-0.2, -0.15) is 0 Å². The van der Waals surface area contributed by atoms with Crippen molar-refractivity contribution in [3.8, 4) is 0 Å². The average molecular weight is 312 g/mol. The number of rotatable bonds is 5. The molecule has 0 amide bonds. The van der Waals surface area contributed by atoms with Crippen LogP contribution in [-0.2, 0) is 10.0 Å². The summed E-state index contributed by atoms with van der Waals surface area (Å²) >= 11 is 0. The zero-order chi connectivity index (χ0) is 15.5. The summed E-state index contributed by atoms with van der Waals surface area (Å²) in [6, 6.07) is 3.49. The van der Waals surface area contributed by atoms with E-state index in [0.29, 0.717) is 12.4 Å². The van der Waals surface area contributed by atoms with E-state index in [4.69, 9.17) is 0 Å². The van der Waals surface area contributed by atoms with E-state index in [1.807, 2.05) is 11.9 Å². The van der Waals surface area contributed by atoms with Crippen LogP contribution in [0, 0.1) is 0 Å². The van der Waals surface area contributed by atoms with Crippen molar-refractivity contribution in [2.75, 3.05) is 11.9 Å². The quantitative estimate of drug-likeness (QED) is 0.869. The second-order valence-electron chi connectivity index (χ2n) is 5.54. The second-order valence-corrected chi connectivity index (χ2v) is 7.20. The zero-order valence-electron chi connectivity index (χ0n) is 12.8. The van der Waals surface area contributed by atoms with Crippen LogP contribution in [0.3, 0.4) is 0 Å². The minimum atomic E-state index is -3.57. The fraction of sp³-hybridized carbons (Fsp3) is 0.643. The SMILES string of the molecule is CCNc1cc(S(=O)(=O)NN2C(C)CCCC2C)ccn1. The van der Waals surface area contributed by atoms with Gasteiger partial charge in [-0.15, -0.1) is 4.83 Å². The number of sulfonamides is 1. The van der Waals surface area contributed by atoms with Crippen molar-refractivity contribution < 1.29 is 8.42 Å². The minimum Gasteiger partial charge on any atom is -0.370 e. The van der Waals surface area contributed by atoms with Crippen molar-refractivity contribution in [1.29, 1.82) is 0 Å². The molecule has 2 unspecified atom stereocenters. The van der Waals surface area contributed by atoms with Gasteiger partial charge in [0.25, 0.3) is 10.0 Å². The van der Waals surface area contributed by atoms with E-state index in [2.05, 4.69) is 29.0 Å². The van der Waals surface area contributed by atoms with Gasteiger partial charge in [-0.1, -0.05) is 6.42 Å². The molecule has 1 aromatic heterocycles. The smallest absolute Gasteiger partial charge is 0.253 e. The summed E-state index contributed by atoms with van der Waals surface area (Å²) in [6.07, 6.45) is 4.66. The fourth-order valence-corrected chi connectivity index (χ4v) is 3.90. The van der Waals surface area contributed by atoms with Gasteiger partial charge in [0.15, 0.2) is 0 Å². The lowest BCUT2D eigenvalue weighted by Crippen LogP contribution is -2.53. The van der Waals surface area contributed by atoms with E-state index >= 15 is 0 Å². The van der Waals surface area contributed by atoms with Crippen LogP contribution in [0.25, 0.3) is 0 Å². The van der Waals surface area contributed by atoms with Crippen molar-refractivity contribution in [2.45, 2.75) is 57.0 Å². The first-order valence-electron chi connectivity index (χ1n) is 7.44. The molecule has 0 bridgehead atoms. The highest BCUT2D eigenvalue weighted by molar-refractivity contribution is 7.89. The molecule has 7 heteroatoms. The normalized spacial score (nSPS) is 24.0. The molecule has 0 aliphatic carbocycles. The lowest BCUT2D eigenvalue weighted by Gasteiger charge is -2.38. The number of hydrogen-bond acceptors (Lipinski definition) is 5. The molecule has 1 aliphatic heterocycles. The Balaban J connectivity index is 2.19. The summed E-state index contributed by atoms with van der Waals surface area (Å²) in [6.45, 7) is 6.74. The van der Waals surface area contributed by atoms with Crippen LogP contribution < -0.4 is 10.1 Å². The van der Waals surface area contributed by atoms with E-state index in [1.165, 1.54) is 12.3 Å². The van der Waals surface area contributed by atoms with E-state index in [-0.39, 0.29) is 17.0 Å². The molecular formula is C14H24N4O2S. The molecule has 0 spiro atoms. The van der Waals surface area contributed by atoms with Gasteiger partial charge in [0.1, 0.15) is 5.82 Å². The highest BCUT2D eigenvalue weighted by Crippen LogP contribution is 2.22. The summed E-state index contributed by atoms with van der Waals surface area (Å²) < 4.78 is 25.1. The number of hydrogen-bond donors (Lipinski definition) is 2. The molecule has 2 atom stereocenters. The van der Waals surface area contributed by atoms with Crippen LogP contribution in [0.2, 0.25) is 0 Å². The number of hydrazine groups is 1. The Bertz CT molecular complexity index is 566. The van der Waals surface area contributed by atoms with Gasteiger partial charge in [0.2, 0.25) is 0 Å². The monoisotopic (exact) mass is 312 g/mol. The van der Waals surface area contributed by atoms with Crippen LogP contribution in [0.4, 0.5) is 5.82 Å². The first kappa shape index (κ1) is 16.2. The molecule has 1 fully saturated rings. The van der Waals surface area contributed by atoms with Crippen LogP contribution in [-0.4, -0.2) is 37.0 Å². The maximum atomic E-state index is 12.5. The molecule has 0 aromatic carbocycles. The number of aromatic nitrogens is 1. The topological polar surface area (TPSA) is 74.3 Å². The summed E-state index contributed by atoms with van der Waals surface area (Å²) in [5, 5.41) is 4.88. The average Bonchev–Trinajstić information content (AvgIpc) is 2.44. The molecule has 21 heavy (non-hydrogen) atoms. The Morgan fingerprint density at radius 2 is 2.00 bits per heavy atom. The van der Waals surface area contributed by atoms with Gasteiger partial charge in [-0.25, -0.2) is 18.4 Å². The van der Waals surface area contributed by atoms with Gasteiger partial charge in [0.05, 0.1) is 4.90 Å². The Labute approximate surface area is 127 Å². The van der Waals surface area contributed by atoms with Gasteiger partial charge in [-0.05, 0) is 39.7 Å². The third-order valence-electron chi connectivity index (χ3n) is 3.82. The highest BCUT2D eigenvalue weighted by Gasteiger charge is 2.29. The molecule has 2 rings (SSSR count). The summed E-state index contributed by atoms with van der Waals surface area (Å²) in [7, 11) is -3.57. The summed E-state index contributed by atoms with van der Waals surface area (Å²) in [5.41, 5.74) is 0. The molecule has 1 saturated heterocycles. The Morgan fingerprint density at radius 3 is 2.62 bits per heavy atom. The standard InChI is InChI=1S/C14H24N4O2S/c1-4-15-14-10-13(8-9-16-14)21(19,20)17-18-11(2)6-5-7-12(18)3/h8-12,17H,4-7H2,1-3H3,(H,15,16). The third-order valence-corrected chi connectivity index (χ3v) is 5.14. The number of piperidine rings is 1. The van der Waals surface area contributed by atoms with Gasteiger partial charge in [0, 0.05) is 30.9 Å². The maximum Gasteiger partial charge on any atom is 0.253 e. The minimum absolute atomic E-state index is 0.207. The first-order chi connectivity index (χ1) is 9.94. The number of nitrogens with zero attached hydrogens (tertiary/aromatic N) is 2. The van der Waals surface area contributed by atoms with Crippen molar-refractivity contribution in [3.63, 3.8) is 0 Å². The Kier molecular flexibility index (Phi) is 5.18. The molecular weight excluding hydrogens is 288 g/mol. The molecule has 2 N–H and O–H groups in total. The van der Waals surface area contributed by atoms with E-state index in [1.54, 1.807) is 6.07 Å². The van der Waals surface area contributed by atoms with E-state index in [0.717, 1.165) is 19.3 Å². The lowest BCUT2D eigenvalue weighted by atomic mass is 10.0. The number of nitrogens with one attached hydrogen (secondary N) is 2. The lowest BCUT2D eigenvalue weighted by molar-refractivity contribution is 0.0790. The van der Waals surface area contributed by atoms with Crippen molar-refractivity contribution in [3.05, 3.63) is 18.3 Å². The van der Waals surface area contributed by atoms with Crippen molar-refractivity contribution >= 4 is 15.8 Å².